The maximum Gasteiger partial charge on any atom is 0.253 e. The number of hydrogen-bond acceptors (Lipinski definition) is 4. The van der Waals surface area contributed by atoms with Crippen LogP contribution in [0.1, 0.15) is 5.56 Å². The highest BCUT2D eigenvalue weighted by molar-refractivity contribution is 6.12. The summed E-state index contributed by atoms with van der Waals surface area (Å²) in [7, 11) is 0. The van der Waals surface area contributed by atoms with Gasteiger partial charge in [0.2, 0.25) is 5.91 Å². The molecular formula is C15H17N3O3. The zero-order valence-corrected chi connectivity index (χ0v) is 11.5. The lowest BCUT2D eigenvalue weighted by molar-refractivity contribution is -0.137. The molecule has 1 heterocycles. The van der Waals surface area contributed by atoms with Gasteiger partial charge in [0.25, 0.3) is 11.8 Å². The van der Waals surface area contributed by atoms with Gasteiger partial charge in [0.05, 0.1) is 6.04 Å². The lowest BCUT2D eigenvalue weighted by Crippen LogP contribution is -2.45. The van der Waals surface area contributed by atoms with Crippen molar-refractivity contribution in [3.8, 4) is 0 Å². The van der Waals surface area contributed by atoms with Gasteiger partial charge in [-0.25, -0.2) is 0 Å². The van der Waals surface area contributed by atoms with Gasteiger partial charge < -0.3 is 11.1 Å². The maximum atomic E-state index is 11.8. The summed E-state index contributed by atoms with van der Waals surface area (Å²) in [5.41, 5.74) is 6.81. The topological polar surface area (TPSA) is 92.5 Å². The number of nitrogens with one attached hydrogen (secondary N) is 1. The minimum atomic E-state index is -0.657. The van der Waals surface area contributed by atoms with Crippen LogP contribution in [0.4, 0.5) is 0 Å². The molecular weight excluding hydrogens is 270 g/mol. The third-order valence-electron chi connectivity index (χ3n) is 3.17. The highest BCUT2D eigenvalue weighted by Crippen LogP contribution is 2.03. The Hall–Kier alpha value is -2.47. The lowest BCUT2D eigenvalue weighted by Gasteiger charge is -2.16. The lowest BCUT2D eigenvalue weighted by atomic mass is 10.1. The van der Waals surface area contributed by atoms with Crippen molar-refractivity contribution in [3.63, 3.8) is 0 Å². The van der Waals surface area contributed by atoms with Gasteiger partial charge in [-0.1, -0.05) is 30.3 Å². The standard InChI is InChI=1S/C15H17N3O3/c16-12(10-11-4-2-1-3-5-11)15(21)17-8-9-18-13(19)6-7-14(18)20/h1-7,12H,8-10,16H2,(H,17,21)/t12-/m0/s1. The van der Waals surface area contributed by atoms with Crippen molar-refractivity contribution in [1.29, 1.82) is 0 Å². The first kappa shape index (κ1) is 14.9. The minimum absolute atomic E-state index is 0.147. The normalized spacial score (nSPS) is 15.4. The van der Waals surface area contributed by atoms with Gasteiger partial charge >= 0.3 is 0 Å². The van der Waals surface area contributed by atoms with Crippen LogP contribution in [0.2, 0.25) is 0 Å². The molecule has 0 bridgehead atoms. The third-order valence-corrected chi connectivity index (χ3v) is 3.17. The van der Waals surface area contributed by atoms with Crippen molar-refractivity contribution < 1.29 is 14.4 Å². The number of nitrogens with two attached hydrogens (primary N) is 1. The molecule has 0 unspecified atom stereocenters. The van der Waals surface area contributed by atoms with E-state index in [0.717, 1.165) is 10.5 Å². The first-order valence-corrected chi connectivity index (χ1v) is 6.68. The Morgan fingerprint density at radius 3 is 2.38 bits per heavy atom. The first-order valence-electron chi connectivity index (χ1n) is 6.68. The largest absolute Gasteiger partial charge is 0.353 e. The molecule has 0 aromatic heterocycles. The second kappa shape index (κ2) is 6.81. The third kappa shape index (κ3) is 4.00. The van der Waals surface area contributed by atoms with Crippen LogP contribution in [0.5, 0.6) is 0 Å². The van der Waals surface area contributed by atoms with E-state index in [1.54, 1.807) is 0 Å². The number of rotatable bonds is 6. The molecule has 0 spiro atoms. The van der Waals surface area contributed by atoms with Gasteiger partial charge in [-0.15, -0.1) is 0 Å². The molecule has 6 nitrogen and oxygen atoms in total. The van der Waals surface area contributed by atoms with E-state index in [4.69, 9.17) is 5.73 Å². The summed E-state index contributed by atoms with van der Waals surface area (Å²) in [6.07, 6.45) is 2.87. The van der Waals surface area contributed by atoms with Crippen molar-refractivity contribution in [2.75, 3.05) is 13.1 Å². The van der Waals surface area contributed by atoms with Gasteiger partial charge in [-0.2, -0.15) is 0 Å². The fraction of sp³-hybridized carbons (Fsp3) is 0.267. The minimum Gasteiger partial charge on any atom is -0.353 e. The number of amides is 3. The monoisotopic (exact) mass is 287 g/mol. The fourth-order valence-electron chi connectivity index (χ4n) is 2.03. The summed E-state index contributed by atoms with van der Waals surface area (Å²) in [5.74, 6) is -1.02. The molecule has 0 saturated carbocycles. The number of imide groups is 1. The average Bonchev–Trinajstić information content (AvgIpc) is 2.80. The molecule has 1 aromatic carbocycles. The van der Waals surface area contributed by atoms with Gasteiger partial charge in [-0.3, -0.25) is 19.3 Å². The fourth-order valence-corrected chi connectivity index (χ4v) is 2.03. The number of carbonyl (C=O) groups excluding carboxylic acids is 3. The zero-order valence-electron chi connectivity index (χ0n) is 11.5. The maximum absolute atomic E-state index is 11.8. The second-order valence-electron chi connectivity index (χ2n) is 4.75. The molecule has 6 heteroatoms. The molecule has 0 fully saturated rings. The summed E-state index contributed by atoms with van der Waals surface area (Å²) in [6.45, 7) is 0.342. The van der Waals surface area contributed by atoms with E-state index in [1.165, 1.54) is 12.2 Å². The van der Waals surface area contributed by atoms with Crippen LogP contribution in [0.15, 0.2) is 42.5 Å². The van der Waals surface area contributed by atoms with Gasteiger partial charge in [0.15, 0.2) is 0 Å². The van der Waals surface area contributed by atoms with Gasteiger partial charge in [-0.05, 0) is 12.0 Å². The van der Waals surface area contributed by atoms with Crippen LogP contribution in [-0.2, 0) is 20.8 Å². The van der Waals surface area contributed by atoms with Crippen LogP contribution < -0.4 is 11.1 Å². The molecule has 1 aliphatic heterocycles. The van der Waals surface area contributed by atoms with Crippen molar-refractivity contribution >= 4 is 17.7 Å². The highest BCUT2D eigenvalue weighted by Gasteiger charge is 2.23. The van der Waals surface area contributed by atoms with Crippen molar-refractivity contribution in [3.05, 3.63) is 48.0 Å². The Kier molecular flexibility index (Phi) is 4.84. The first-order chi connectivity index (χ1) is 10.1. The SMILES string of the molecule is N[C@@H](Cc1ccccc1)C(=O)NCCN1C(=O)C=CC1=O. The molecule has 0 saturated heterocycles. The Bertz CT molecular complexity index is 551. The predicted molar refractivity (Wildman–Crippen MR) is 77.0 cm³/mol. The summed E-state index contributed by atoms with van der Waals surface area (Å²) in [6, 6.07) is 8.82. The van der Waals surface area contributed by atoms with Crippen molar-refractivity contribution in [2.45, 2.75) is 12.5 Å². The van der Waals surface area contributed by atoms with E-state index in [-0.39, 0.29) is 30.8 Å². The summed E-state index contributed by atoms with van der Waals surface area (Å²) < 4.78 is 0. The molecule has 0 radical (unpaired) electrons. The number of benzene rings is 1. The number of nitrogens with zero attached hydrogens (tertiary/aromatic N) is 1. The van der Waals surface area contributed by atoms with Crippen LogP contribution in [0.3, 0.4) is 0 Å². The Morgan fingerprint density at radius 2 is 1.76 bits per heavy atom. The molecule has 2 rings (SSSR count). The molecule has 21 heavy (non-hydrogen) atoms. The van der Waals surface area contributed by atoms with Gasteiger partial charge in [0, 0.05) is 25.2 Å². The van der Waals surface area contributed by atoms with Crippen molar-refractivity contribution in [1.82, 2.24) is 10.2 Å². The molecule has 110 valence electrons. The summed E-state index contributed by atoms with van der Waals surface area (Å²) in [4.78, 5) is 35.5. The van der Waals surface area contributed by atoms with E-state index in [1.807, 2.05) is 30.3 Å². The Morgan fingerprint density at radius 1 is 1.14 bits per heavy atom. The van der Waals surface area contributed by atoms with Crippen LogP contribution in [-0.4, -0.2) is 41.8 Å². The quantitative estimate of drug-likeness (QED) is 0.696. The zero-order chi connectivity index (χ0) is 15.2. The predicted octanol–water partition coefficient (Wildman–Crippen LogP) is -0.402. The highest BCUT2D eigenvalue weighted by atomic mass is 16.2. The molecule has 3 N–H and O–H groups in total. The molecule has 0 aliphatic carbocycles. The van der Waals surface area contributed by atoms with Gasteiger partial charge in [0.1, 0.15) is 0 Å². The van der Waals surface area contributed by atoms with E-state index < -0.39 is 6.04 Å². The van der Waals surface area contributed by atoms with E-state index in [9.17, 15) is 14.4 Å². The number of carbonyl (C=O) groups is 3. The number of hydrogen-bond donors (Lipinski definition) is 2. The van der Waals surface area contributed by atoms with Crippen molar-refractivity contribution in [2.24, 2.45) is 5.73 Å². The average molecular weight is 287 g/mol. The van der Waals surface area contributed by atoms with Crippen LogP contribution >= 0.6 is 0 Å². The van der Waals surface area contributed by atoms with E-state index in [2.05, 4.69) is 5.32 Å². The van der Waals surface area contributed by atoms with Crippen LogP contribution in [0.25, 0.3) is 0 Å². The van der Waals surface area contributed by atoms with E-state index >= 15 is 0 Å². The molecule has 1 atom stereocenters. The Balaban J connectivity index is 1.74. The molecule has 1 aromatic rings. The van der Waals surface area contributed by atoms with Crippen LogP contribution in [0, 0.1) is 0 Å². The second-order valence-corrected chi connectivity index (χ2v) is 4.75. The van der Waals surface area contributed by atoms with E-state index in [0.29, 0.717) is 6.42 Å². The molecule has 1 aliphatic rings. The smallest absolute Gasteiger partial charge is 0.253 e. The Labute approximate surface area is 122 Å². The molecule has 3 amide bonds. The summed E-state index contributed by atoms with van der Waals surface area (Å²) in [5, 5.41) is 2.63. The summed E-state index contributed by atoms with van der Waals surface area (Å²) >= 11 is 0.